The van der Waals surface area contributed by atoms with Crippen molar-refractivity contribution in [2.45, 2.75) is 77.5 Å². The first-order valence-corrected chi connectivity index (χ1v) is 14.1. The van der Waals surface area contributed by atoms with Crippen molar-refractivity contribution in [2.24, 2.45) is 11.8 Å². The van der Waals surface area contributed by atoms with Gasteiger partial charge in [0.25, 0.3) is 0 Å². The molecule has 7 heteroatoms. The molecule has 1 aliphatic carbocycles. The number of rotatable bonds is 8. The van der Waals surface area contributed by atoms with E-state index in [0.717, 1.165) is 30.2 Å². The maximum Gasteiger partial charge on any atom is 0.247 e. The lowest BCUT2D eigenvalue weighted by atomic mass is 9.87. The highest BCUT2D eigenvalue weighted by molar-refractivity contribution is 6.00. The summed E-state index contributed by atoms with van der Waals surface area (Å²) in [6, 6.07) is 15.2. The highest BCUT2D eigenvalue weighted by Gasteiger charge is 2.49. The molecule has 4 atom stereocenters. The summed E-state index contributed by atoms with van der Waals surface area (Å²) in [5.74, 6) is -0.492. The van der Waals surface area contributed by atoms with E-state index in [1.165, 1.54) is 11.1 Å². The van der Waals surface area contributed by atoms with Gasteiger partial charge in [-0.05, 0) is 79.8 Å². The van der Waals surface area contributed by atoms with Crippen LogP contribution in [-0.4, -0.2) is 45.7 Å². The molecule has 5 rings (SSSR count). The average Bonchev–Trinajstić information content (AvgIpc) is 3.35. The predicted molar refractivity (Wildman–Crippen MR) is 152 cm³/mol. The van der Waals surface area contributed by atoms with Crippen molar-refractivity contribution in [2.75, 3.05) is 0 Å². The van der Waals surface area contributed by atoms with Crippen LogP contribution in [0.1, 0.15) is 63.3 Å². The molecule has 2 unspecified atom stereocenters. The molecule has 0 bridgehead atoms. The zero-order chi connectivity index (χ0) is 27.7. The molecule has 2 N–H and O–H groups in total. The van der Waals surface area contributed by atoms with E-state index in [9.17, 15) is 14.4 Å². The number of hydrogen-bond donors (Lipinski definition) is 2. The summed E-state index contributed by atoms with van der Waals surface area (Å²) >= 11 is 0. The highest BCUT2D eigenvalue weighted by atomic mass is 16.2. The van der Waals surface area contributed by atoms with Crippen molar-refractivity contribution in [3.8, 4) is 0 Å². The quantitative estimate of drug-likeness (QED) is 0.457. The first kappa shape index (κ1) is 26.9. The van der Waals surface area contributed by atoms with Crippen LogP contribution in [0.15, 0.2) is 60.8 Å². The lowest BCUT2D eigenvalue weighted by Gasteiger charge is -2.45. The number of carbonyl (C=O) groups excluding carboxylic acids is 3. The Bertz CT molecular complexity index is 1360. The normalized spacial score (nSPS) is 21.1. The van der Waals surface area contributed by atoms with Crippen LogP contribution in [0.5, 0.6) is 0 Å². The van der Waals surface area contributed by atoms with Gasteiger partial charge in [0.15, 0.2) is 0 Å². The molecule has 39 heavy (non-hydrogen) atoms. The molecule has 1 aliphatic heterocycles. The van der Waals surface area contributed by atoms with E-state index >= 15 is 0 Å². The Morgan fingerprint density at radius 2 is 1.77 bits per heavy atom. The molecular formula is C32H38N4O3. The lowest BCUT2D eigenvalue weighted by Crippen LogP contribution is -2.67. The van der Waals surface area contributed by atoms with Gasteiger partial charge in [-0.25, -0.2) is 0 Å². The summed E-state index contributed by atoms with van der Waals surface area (Å²) < 4.78 is 0. The van der Waals surface area contributed by atoms with Crippen LogP contribution in [0.3, 0.4) is 0 Å². The van der Waals surface area contributed by atoms with E-state index in [0.29, 0.717) is 12.0 Å². The smallest absolute Gasteiger partial charge is 0.247 e. The minimum atomic E-state index is -0.934. The minimum Gasteiger partial charge on any atom is -0.352 e. The summed E-state index contributed by atoms with van der Waals surface area (Å²) in [4.78, 5) is 48.2. The number of fused-ring (bicyclic) bond motifs is 2. The van der Waals surface area contributed by atoms with Crippen molar-refractivity contribution >= 4 is 28.6 Å². The van der Waals surface area contributed by atoms with Crippen molar-refractivity contribution < 1.29 is 14.4 Å². The molecule has 2 heterocycles. The molecule has 1 fully saturated rings. The number of benzene rings is 2. The molecule has 204 valence electrons. The fourth-order valence-electron chi connectivity index (χ4n) is 6.04. The van der Waals surface area contributed by atoms with Crippen LogP contribution < -0.4 is 10.6 Å². The van der Waals surface area contributed by atoms with Gasteiger partial charge in [0.2, 0.25) is 17.7 Å². The lowest BCUT2D eigenvalue weighted by molar-refractivity contribution is -0.158. The summed E-state index contributed by atoms with van der Waals surface area (Å²) in [6.07, 6.45) is 4.54. The Balaban J connectivity index is 1.58. The largest absolute Gasteiger partial charge is 0.352 e. The topological polar surface area (TPSA) is 91.4 Å². The van der Waals surface area contributed by atoms with Crippen molar-refractivity contribution in [1.29, 1.82) is 0 Å². The Morgan fingerprint density at radius 1 is 1.05 bits per heavy atom. The Kier molecular flexibility index (Phi) is 7.69. The second-order valence-corrected chi connectivity index (χ2v) is 11.5. The Hall–Kier alpha value is -3.74. The fraction of sp³-hybridized carbons (Fsp3) is 0.438. The number of hydrogen-bond acceptors (Lipinski definition) is 4. The van der Waals surface area contributed by atoms with Gasteiger partial charge in [0.1, 0.15) is 18.1 Å². The van der Waals surface area contributed by atoms with Crippen LogP contribution in [0.2, 0.25) is 0 Å². The van der Waals surface area contributed by atoms with E-state index in [2.05, 4.69) is 41.6 Å². The number of nitrogens with zero attached hydrogens (tertiary/aromatic N) is 2. The summed E-state index contributed by atoms with van der Waals surface area (Å²) in [6.45, 7) is 7.97. The summed E-state index contributed by atoms with van der Waals surface area (Å²) in [7, 11) is 0. The first-order chi connectivity index (χ1) is 18.8. The zero-order valence-corrected chi connectivity index (χ0v) is 23.2. The van der Waals surface area contributed by atoms with E-state index < -0.39 is 18.1 Å². The van der Waals surface area contributed by atoms with Crippen LogP contribution in [0, 0.1) is 11.8 Å². The highest BCUT2D eigenvalue weighted by Crippen LogP contribution is 2.36. The van der Waals surface area contributed by atoms with Gasteiger partial charge in [0, 0.05) is 17.6 Å². The second kappa shape index (κ2) is 11.2. The third-order valence-corrected chi connectivity index (χ3v) is 8.23. The standard InChI is InChI=1S/C32H38N4O3/c1-5-20(4)15-27-30(37)35-28(25-16-21-9-6-7-10-22(21)17-25)32(39)36(27)29(31(38)34-19(2)3)24-12-13-26-23(18-24)11-8-14-33-26/h6-14,18-20,25,27-29H,5,15-17H2,1-4H3,(H,34,38)(H,35,37)/t20?,27-,28-,29?/m1/s1. The maximum atomic E-state index is 14.5. The fourth-order valence-corrected chi connectivity index (χ4v) is 6.04. The van der Waals surface area contributed by atoms with E-state index in [1.807, 2.05) is 56.3 Å². The van der Waals surface area contributed by atoms with Gasteiger partial charge in [-0.1, -0.05) is 56.7 Å². The van der Waals surface area contributed by atoms with Crippen LogP contribution in [-0.2, 0) is 27.2 Å². The van der Waals surface area contributed by atoms with Gasteiger partial charge in [-0.2, -0.15) is 0 Å². The predicted octanol–water partition coefficient (Wildman–Crippen LogP) is 4.35. The molecule has 1 saturated heterocycles. The number of piperazine rings is 1. The second-order valence-electron chi connectivity index (χ2n) is 11.5. The Morgan fingerprint density at radius 3 is 2.44 bits per heavy atom. The van der Waals surface area contributed by atoms with Gasteiger partial charge in [-0.15, -0.1) is 0 Å². The van der Waals surface area contributed by atoms with Gasteiger partial charge in [0.05, 0.1) is 5.52 Å². The van der Waals surface area contributed by atoms with Crippen LogP contribution >= 0.6 is 0 Å². The first-order valence-electron chi connectivity index (χ1n) is 14.1. The van der Waals surface area contributed by atoms with E-state index in [1.54, 1.807) is 11.1 Å². The number of amides is 3. The monoisotopic (exact) mass is 526 g/mol. The van der Waals surface area contributed by atoms with Gasteiger partial charge in [-0.3, -0.25) is 19.4 Å². The summed E-state index contributed by atoms with van der Waals surface area (Å²) in [5, 5.41) is 7.01. The van der Waals surface area contributed by atoms with Crippen molar-refractivity contribution in [3.63, 3.8) is 0 Å². The average molecular weight is 527 g/mol. The number of nitrogens with one attached hydrogen (secondary N) is 2. The molecule has 0 radical (unpaired) electrons. The molecule has 0 saturated carbocycles. The van der Waals surface area contributed by atoms with Gasteiger partial charge >= 0.3 is 0 Å². The van der Waals surface area contributed by atoms with Crippen LogP contribution in [0.4, 0.5) is 0 Å². The summed E-state index contributed by atoms with van der Waals surface area (Å²) in [5.41, 5.74) is 3.92. The molecular weight excluding hydrogens is 488 g/mol. The minimum absolute atomic E-state index is 0.0551. The molecule has 3 amide bonds. The van der Waals surface area contributed by atoms with E-state index in [-0.39, 0.29) is 35.6 Å². The molecule has 0 spiro atoms. The number of carbonyl (C=O) groups is 3. The van der Waals surface area contributed by atoms with Crippen molar-refractivity contribution in [3.05, 3.63) is 77.5 Å². The number of aromatic nitrogens is 1. The van der Waals surface area contributed by atoms with E-state index in [4.69, 9.17) is 0 Å². The van der Waals surface area contributed by atoms with Crippen LogP contribution in [0.25, 0.3) is 10.9 Å². The van der Waals surface area contributed by atoms with Crippen molar-refractivity contribution in [1.82, 2.24) is 20.5 Å². The molecule has 2 aliphatic rings. The molecule has 1 aromatic heterocycles. The SMILES string of the molecule is CCC(C)C[C@@H]1C(=O)N[C@H](C2Cc3ccccc3C2)C(=O)N1C(C(=O)NC(C)C)c1ccc2ncccc2c1. The maximum absolute atomic E-state index is 14.5. The third-order valence-electron chi connectivity index (χ3n) is 8.23. The molecule has 7 nitrogen and oxygen atoms in total. The zero-order valence-electron chi connectivity index (χ0n) is 23.2. The Labute approximate surface area is 230 Å². The third kappa shape index (κ3) is 5.40. The number of pyridine rings is 1. The molecule has 2 aromatic carbocycles. The molecule has 3 aromatic rings. The van der Waals surface area contributed by atoms with Gasteiger partial charge < -0.3 is 15.5 Å².